The molecule has 0 radical (unpaired) electrons. The van der Waals surface area contributed by atoms with Crippen LogP contribution < -0.4 is 10.9 Å². The zero-order chi connectivity index (χ0) is 43.4. The summed E-state index contributed by atoms with van der Waals surface area (Å²) >= 11 is 0. The Kier molecular flexibility index (Phi) is 8.87. The molecule has 2 aliphatic heterocycles. The van der Waals surface area contributed by atoms with Gasteiger partial charge in [0.1, 0.15) is 0 Å². The van der Waals surface area contributed by atoms with Gasteiger partial charge in [0.2, 0.25) is 6.71 Å². The van der Waals surface area contributed by atoms with Crippen molar-refractivity contribution in [3.8, 4) is 11.1 Å². The molecule has 0 saturated heterocycles. The predicted octanol–water partition coefficient (Wildman–Crippen LogP) is 14.5. The third kappa shape index (κ3) is 5.97. The molecule has 4 unspecified atom stereocenters. The smallest absolute Gasteiger partial charge is 0.0643 e. The minimum atomic E-state index is -0.161. The summed E-state index contributed by atoms with van der Waals surface area (Å²) in [4.78, 5) is 0. The van der Waals surface area contributed by atoms with Crippen molar-refractivity contribution in [2.45, 2.75) is 174 Å². The molecule has 5 aromatic carbocycles. The number of aryl methyl sites for hydroxylation is 1. The van der Waals surface area contributed by atoms with Crippen molar-refractivity contribution in [3.05, 3.63) is 158 Å². The summed E-state index contributed by atoms with van der Waals surface area (Å²) in [5.41, 5.74) is 26.5. The van der Waals surface area contributed by atoms with Crippen LogP contribution in [0.1, 0.15) is 195 Å². The van der Waals surface area contributed by atoms with Crippen molar-refractivity contribution in [2.24, 2.45) is 5.41 Å². The van der Waals surface area contributed by atoms with Crippen LogP contribution in [0, 0.1) is 12.3 Å². The lowest BCUT2D eigenvalue weighted by Crippen LogP contribution is -2.58. The maximum atomic E-state index is 2.75. The second-order valence-electron chi connectivity index (χ2n) is 24.6. The lowest BCUT2D eigenvalue weighted by Gasteiger charge is -2.58. The molecule has 3 aliphatic carbocycles. The van der Waals surface area contributed by atoms with Crippen molar-refractivity contribution >= 4 is 23.1 Å². The van der Waals surface area contributed by atoms with E-state index in [4.69, 9.17) is 0 Å². The Hall–Kier alpha value is -4.10. The zero-order valence-electron chi connectivity index (χ0n) is 40.1. The van der Waals surface area contributed by atoms with Gasteiger partial charge in [-0.05, 0) is 121 Å². The van der Waals surface area contributed by atoms with Crippen molar-refractivity contribution in [1.82, 2.24) is 0 Å². The number of hydrogen-bond acceptors (Lipinski definition) is 0. The molecule has 0 nitrogen and oxygen atoms in total. The van der Waals surface area contributed by atoms with Crippen LogP contribution in [-0.4, -0.2) is 6.71 Å². The Morgan fingerprint density at radius 1 is 0.590 bits per heavy atom. The summed E-state index contributed by atoms with van der Waals surface area (Å²) in [5, 5.41) is 0. The average Bonchev–Trinajstić information content (AvgIpc) is 3.30. The van der Waals surface area contributed by atoms with Crippen molar-refractivity contribution in [1.29, 1.82) is 0 Å². The van der Waals surface area contributed by atoms with Crippen LogP contribution in [0.3, 0.4) is 0 Å². The molecule has 4 atom stereocenters. The molecule has 61 heavy (non-hydrogen) atoms. The first-order chi connectivity index (χ1) is 28.5. The van der Waals surface area contributed by atoms with Crippen molar-refractivity contribution in [3.63, 3.8) is 0 Å². The summed E-state index contributed by atoms with van der Waals surface area (Å²) < 4.78 is 0. The van der Waals surface area contributed by atoms with E-state index in [0.717, 1.165) is 6.42 Å². The van der Waals surface area contributed by atoms with Gasteiger partial charge >= 0.3 is 0 Å². The fourth-order valence-electron chi connectivity index (χ4n) is 13.7. The van der Waals surface area contributed by atoms with E-state index < -0.39 is 0 Å². The first kappa shape index (κ1) is 40.9. The number of allylic oxidation sites excluding steroid dienone is 1. The van der Waals surface area contributed by atoms with Crippen LogP contribution in [0.5, 0.6) is 0 Å². The number of rotatable bonds is 2. The van der Waals surface area contributed by atoms with Gasteiger partial charge in [-0.25, -0.2) is 0 Å². The molecule has 0 N–H and O–H groups in total. The van der Waals surface area contributed by atoms with Crippen molar-refractivity contribution < 1.29 is 0 Å². The van der Waals surface area contributed by atoms with Crippen molar-refractivity contribution in [2.75, 3.05) is 0 Å². The molecule has 1 saturated carbocycles. The number of benzene rings is 5. The van der Waals surface area contributed by atoms with Gasteiger partial charge in [-0.1, -0.05) is 227 Å². The molecule has 0 aromatic heterocycles. The van der Waals surface area contributed by atoms with E-state index in [2.05, 4.69) is 188 Å². The van der Waals surface area contributed by atoms with Crippen LogP contribution in [0.2, 0.25) is 0 Å². The van der Waals surface area contributed by atoms with Gasteiger partial charge in [0, 0.05) is 17.3 Å². The highest BCUT2D eigenvalue weighted by Gasteiger charge is 2.58. The molecule has 5 aromatic rings. The molecular weight excluding hydrogens is 731 g/mol. The Balaban J connectivity index is 1.37. The minimum absolute atomic E-state index is 0.0341. The second-order valence-corrected chi connectivity index (χ2v) is 24.6. The summed E-state index contributed by atoms with van der Waals surface area (Å²) in [6, 6.07) is 37.3. The van der Waals surface area contributed by atoms with E-state index in [1.54, 1.807) is 44.2 Å². The Morgan fingerprint density at radius 2 is 1.23 bits per heavy atom. The van der Waals surface area contributed by atoms with Gasteiger partial charge < -0.3 is 0 Å². The van der Waals surface area contributed by atoms with Gasteiger partial charge in [0.15, 0.2) is 0 Å². The second kappa shape index (κ2) is 13.2. The van der Waals surface area contributed by atoms with Crippen LogP contribution in [0.15, 0.2) is 96.6 Å². The summed E-state index contributed by atoms with van der Waals surface area (Å²) in [6.07, 6.45) is 7.57. The van der Waals surface area contributed by atoms with E-state index >= 15 is 0 Å². The molecule has 314 valence electrons. The quantitative estimate of drug-likeness (QED) is 0.156. The largest absolute Gasteiger partial charge is 0.243 e. The third-order valence-corrected chi connectivity index (χ3v) is 17.3. The lowest BCUT2D eigenvalue weighted by molar-refractivity contribution is 0.0602. The third-order valence-electron chi connectivity index (χ3n) is 17.3. The predicted molar refractivity (Wildman–Crippen MR) is 264 cm³/mol. The van der Waals surface area contributed by atoms with Crippen LogP contribution in [0.4, 0.5) is 0 Å². The summed E-state index contributed by atoms with van der Waals surface area (Å²) in [6.45, 7) is 34.8. The fraction of sp³-hybridized carbons (Fsp3) is 0.467. The highest BCUT2D eigenvalue weighted by Crippen LogP contribution is 2.64. The Bertz CT molecular complexity index is 2660. The molecule has 0 amide bonds. The highest BCUT2D eigenvalue weighted by molar-refractivity contribution is 7.01. The summed E-state index contributed by atoms with van der Waals surface area (Å²) in [7, 11) is 0. The Morgan fingerprint density at radius 3 is 1.90 bits per heavy atom. The van der Waals surface area contributed by atoms with Gasteiger partial charge in [-0.15, -0.1) is 0 Å². The first-order valence-corrected chi connectivity index (χ1v) is 23.9. The average molecular weight is 803 g/mol. The summed E-state index contributed by atoms with van der Waals surface area (Å²) in [5.74, 6) is 0.632. The topological polar surface area (TPSA) is 0 Å². The molecular formula is C60H71B. The van der Waals surface area contributed by atoms with Gasteiger partial charge in [-0.3, -0.25) is 0 Å². The van der Waals surface area contributed by atoms with Crippen LogP contribution in [-0.2, 0) is 33.5 Å². The highest BCUT2D eigenvalue weighted by atomic mass is 14.6. The fourth-order valence-corrected chi connectivity index (χ4v) is 13.7. The van der Waals surface area contributed by atoms with Gasteiger partial charge in [-0.2, -0.15) is 0 Å². The van der Waals surface area contributed by atoms with Crippen LogP contribution in [0.25, 0.3) is 16.6 Å². The standard InChI is InChI=1S/C60H71B/c1-36-28-38-30-44(42-24-22-39(55(2,3)4)31-43(42)37-20-16-15-17-21-37)52-54(46-32-40(56(5,6)7)23-25-48(46)58(52,11)12)61-50-34-41(57(8,9)10)33-49-51(50)47(45(29-36)53(38)61)35-59(13)26-18-19-27-60(49,59)14/h15-17,20-25,28-29,31-34,44,47H,18-19,26-27,30,35H2,1-14H3. The maximum absolute atomic E-state index is 2.75. The zero-order valence-corrected chi connectivity index (χ0v) is 40.1. The number of hydrogen-bond donors (Lipinski definition) is 0. The molecule has 0 spiro atoms. The SMILES string of the molecule is Cc1cc2c3c(c1)C1CC4(C)CCCCC4(C)c4cc(C(C)(C)C)cc(c41)B3C1=C(C(c3ccc(C(C)(C)C)cc3-c3ccccc3)C2)C(C)(C)c2ccc(C(C)(C)C)cc21. The number of fused-ring (bicyclic) bond motifs is 7. The van der Waals surface area contributed by atoms with E-state index in [1.165, 1.54) is 82.2 Å². The Labute approximate surface area is 370 Å². The normalized spacial score (nSPS) is 25.0. The van der Waals surface area contributed by atoms with Crippen LogP contribution >= 0.6 is 0 Å². The van der Waals surface area contributed by atoms with E-state index in [1.807, 2.05) is 0 Å². The molecule has 10 rings (SSSR count). The van der Waals surface area contributed by atoms with E-state index in [0.29, 0.717) is 5.92 Å². The molecule has 1 heteroatoms. The molecule has 0 bridgehead atoms. The molecule has 2 heterocycles. The molecule has 1 fully saturated rings. The minimum Gasteiger partial charge on any atom is -0.0643 e. The van der Waals surface area contributed by atoms with E-state index in [-0.39, 0.29) is 45.1 Å². The molecule has 5 aliphatic rings. The lowest BCUT2D eigenvalue weighted by atomic mass is 9.29. The van der Waals surface area contributed by atoms with E-state index in [9.17, 15) is 0 Å². The van der Waals surface area contributed by atoms with Gasteiger partial charge in [0.25, 0.3) is 0 Å². The first-order valence-electron chi connectivity index (χ1n) is 23.9. The maximum Gasteiger partial charge on any atom is 0.243 e. The monoisotopic (exact) mass is 803 g/mol. The van der Waals surface area contributed by atoms with Gasteiger partial charge in [0.05, 0.1) is 0 Å².